The highest BCUT2D eigenvalue weighted by Crippen LogP contribution is 2.47. The van der Waals surface area contributed by atoms with Crippen molar-refractivity contribution < 1.29 is 28.9 Å². The summed E-state index contributed by atoms with van der Waals surface area (Å²) in [5.74, 6) is 0.168. The monoisotopic (exact) mass is 504 g/mol. The molecule has 0 radical (unpaired) electrons. The van der Waals surface area contributed by atoms with Crippen LogP contribution in [0.1, 0.15) is 99.0 Å². The fourth-order valence-electron chi connectivity index (χ4n) is 4.20. The summed E-state index contributed by atoms with van der Waals surface area (Å²) in [6.07, 6.45) is 9.55. The Labute approximate surface area is 218 Å². The molecule has 1 rings (SSSR count). The van der Waals surface area contributed by atoms with Gasteiger partial charge in [-0.15, -0.1) is 0 Å². The number of carbonyl (C=O) groups excluding carboxylic acids is 1. The van der Waals surface area contributed by atoms with Crippen molar-refractivity contribution in [2.45, 2.75) is 93.4 Å². The second-order valence-corrected chi connectivity index (χ2v) is 12.0. The van der Waals surface area contributed by atoms with Gasteiger partial charge in [0, 0.05) is 6.08 Å². The van der Waals surface area contributed by atoms with Gasteiger partial charge in [0.05, 0.1) is 25.7 Å². The zero-order chi connectivity index (χ0) is 27.4. The van der Waals surface area contributed by atoms with Crippen molar-refractivity contribution >= 4 is 18.0 Å². The first-order valence-corrected chi connectivity index (χ1v) is 13.1. The molecule has 204 valence electrons. The number of carboxylic acids is 1. The third-order valence-electron chi connectivity index (χ3n) is 6.63. The van der Waals surface area contributed by atoms with Crippen LogP contribution >= 0.6 is 0 Å². The van der Waals surface area contributed by atoms with E-state index in [2.05, 4.69) is 41.5 Å². The number of ether oxygens (including phenoxy) is 3. The normalized spacial score (nSPS) is 13.9. The van der Waals surface area contributed by atoms with Gasteiger partial charge in [-0.05, 0) is 60.8 Å². The minimum absolute atomic E-state index is 0.0542. The lowest BCUT2D eigenvalue weighted by Crippen LogP contribution is -2.44. The fourth-order valence-corrected chi connectivity index (χ4v) is 4.20. The molecule has 6 heteroatoms. The van der Waals surface area contributed by atoms with E-state index in [1.807, 2.05) is 6.92 Å². The summed E-state index contributed by atoms with van der Waals surface area (Å²) in [5, 5.41) is 8.75. The third kappa shape index (κ3) is 11.0. The van der Waals surface area contributed by atoms with Gasteiger partial charge in [-0.2, -0.15) is 0 Å². The summed E-state index contributed by atoms with van der Waals surface area (Å²) in [5.41, 5.74) is 0.120. The summed E-state index contributed by atoms with van der Waals surface area (Å²) >= 11 is 0. The molecular weight excluding hydrogens is 456 g/mol. The Morgan fingerprint density at radius 1 is 0.861 bits per heavy atom. The maximum atomic E-state index is 13.0. The minimum Gasteiger partial charge on any atom is -0.493 e. The summed E-state index contributed by atoms with van der Waals surface area (Å²) in [6, 6.07) is 5.36. The van der Waals surface area contributed by atoms with Crippen LogP contribution in [-0.4, -0.2) is 37.4 Å². The predicted octanol–water partition coefficient (Wildman–Crippen LogP) is 7.54. The van der Waals surface area contributed by atoms with Gasteiger partial charge in [0.15, 0.2) is 11.5 Å². The van der Waals surface area contributed by atoms with Gasteiger partial charge < -0.3 is 19.3 Å². The molecular formula is C30H48O6. The molecule has 1 unspecified atom stereocenters. The van der Waals surface area contributed by atoms with Crippen LogP contribution in [0.2, 0.25) is 0 Å². The van der Waals surface area contributed by atoms with Crippen LogP contribution in [0.15, 0.2) is 24.3 Å². The second-order valence-electron chi connectivity index (χ2n) is 12.0. The predicted molar refractivity (Wildman–Crippen MR) is 145 cm³/mol. The average Bonchev–Trinajstić information content (AvgIpc) is 2.77. The van der Waals surface area contributed by atoms with Crippen molar-refractivity contribution in [2.24, 2.45) is 16.2 Å². The highest BCUT2D eigenvalue weighted by molar-refractivity contribution is 5.85. The molecule has 1 N–H and O–H groups in total. The molecule has 0 aromatic heterocycles. The average molecular weight is 505 g/mol. The van der Waals surface area contributed by atoms with Gasteiger partial charge in [0.1, 0.15) is 0 Å². The van der Waals surface area contributed by atoms with Crippen LogP contribution in [0.25, 0.3) is 6.08 Å². The van der Waals surface area contributed by atoms with Gasteiger partial charge in [-0.3, -0.25) is 4.79 Å². The number of carboxylic acid groups (broad SMARTS) is 1. The van der Waals surface area contributed by atoms with Crippen LogP contribution in [-0.2, 0) is 14.3 Å². The maximum absolute atomic E-state index is 13.0. The number of hydrogen-bond acceptors (Lipinski definition) is 5. The second kappa shape index (κ2) is 14.3. The van der Waals surface area contributed by atoms with Crippen LogP contribution in [0, 0.1) is 16.2 Å². The van der Waals surface area contributed by atoms with E-state index >= 15 is 0 Å². The van der Waals surface area contributed by atoms with Crippen LogP contribution in [0.3, 0.4) is 0 Å². The van der Waals surface area contributed by atoms with Crippen LogP contribution < -0.4 is 9.47 Å². The van der Waals surface area contributed by atoms with Crippen LogP contribution in [0.5, 0.6) is 11.5 Å². The molecule has 1 aromatic carbocycles. The number of esters is 1. The van der Waals surface area contributed by atoms with E-state index in [0.717, 1.165) is 56.6 Å². The van der Waals surface area contributed by atoms with Gasteiger partial charge >= 0.3 is 11.9 Å². The molecule has 0 bridgehead atoms. The molecule has 1 aromatic rings. The molecule has 0 saturated heterocycles. The molecule has 36 heavy (non-hydrogen) atoms. The molecule has 0 heterocycles. The highest BCUT2D eigenvalue weighted by Gasteiger charge is 2.47. The first-order chi connectivity index (χ1) is 16.7. The quantitative estimate of drug-likeness (QED) is 0.151. The molecule has 0 aliphatic rings. The van der Waals surface area contributed by atoms with E-state index in [1.54, 1.807) is 25.3 Å². The Bertz CT molecular complexity index is 859. The Kier molecular flexibility index (Phi) is 12.5. The minimum atomic E-state index is -0.991. The highest BCUT2D eigenvalue weighted by atomic mass is 16.5. The zero-order valence-electron chi connectivity index (χ0n) is 23.7. The smallest absolute Gasteiger partial charge is 0.328 e. The van der Waals surface area contributed by atoms with Gasteiger partial charge in [-0.1, -0.05) is 73.3 Å². The molecule has 0 spiro atoms. The lowest BCUT2D eigenvalue weighted by atomic mass is 9.61. The number of carbonyl (C=O) groups is 2. The largest absolute Gasteiger partial charge is 0.493 e. The van der Waals surface area contributed by atoms with E-state index in [4.69, 9.17) is 19.3 Å². The molecule has 0 saturated carbocycles. The summed E-state index contributed by atoms with van der Waals surface area (Å²) in [7, 11) is 1.57. The van der Waals surface area contributed by atoms with E-state index in [1.165, 1.54) is 6.08 Å². The van der Waals surface area contributed by atoms with Crippen molar-refractivity contribution in [2.75, 3.05) is 20.3 Å². The molecule has 0 fully saturated rings. The van der Waals surface area contributed by atoms with Crippen molar-refractivity contribution in [1.29, 1.82) is 0 Å². The van der Waals surface area contributed by atoms with E-state index in [-0.39, 0.29) is 16.8 Å². The number of methoxy groups -OCH3 is 1. The molecule has 6 nitrogen and oxygen atoms in total. The van der Waals surface area contributed by atoms with E-state index in [0.29, 0.717) is 24.7 Å². The number of aliphatic carboxylic acids is 1. The SMILES string of the molecule is COc1cc(/C=C\C(=O)O)ccc1OCCCCCCCCOC(=O)C(C)(CC(C)(C)C)C(C)(C)C. The summed E-state index contributed by atoms with van der Waals surface area (Å²) in [4.78, 5) is 23.6. The standard InChI is InChI=1S/C30H48O6/c1-28(2,3)22-30(7,29(4,5)6)27(33)36-20-14-12-10-9-11-13-19-35-24-17-15-23(16-18-26(31)32)21-25(24)34-8/h15-18,21H,9-14,19-20,22H2,1-8H3,(H,31,32)/b18-16-. The Hall–Kier alpha value is -2.50. The van der Waals surface area contributed by atoms with Crippen molar-refractivity contribution in [3.8, 4) is 11.5 Å². The molecule has 0 aliphatic heterocycles. The van der Waals surface area contributed by atoms with Gasteiger partial charge in [0.2, 0.25) is 0 Å². The lowest BCUT2D eigenvalue weighted by molar-refractivity contribution is -0.165. The number of hydrogen-bond donors (Lipinski definition) is 1. The fraction of sp³-hybridized carbons (Fsp3) is 0.667. The molecule has 0 aliphatic carbocycles. The van der Waals surface area contributed by atoms with Gasteiger partial charge in [-0.25, -0.2) is 4.79 Å². The Morgan fingerprint density at radius 3 is 1.97 bits per heavy atom. The van der Waals surface area contributed by atoms with Gasteiger partial charge in [0.25, 0.3) is 0 Å². The molecule has 0 amide bonds. The Morgan fingerprint density at radius 2 is 1.44 bits per heavy atom. The summed E-state index contributed by atoms with van der Waals surface area (Å²) < 4.78 is 16.9. The Balaban J connectivity index is 2.29. The number of unbranched alkanes of at least 4 members (excludes halogenated alkanes) is 5. The maximum Gasteiger partial charge on any atom is 0.328 e. The molecule has 1 atom stereocenters. The van der Waals surface area contributed by atoms with Crippen molar-refractivity contribution in [3.63, 3.8) is 0 Å². The topological polar surface area (TPSA) is 82.1 Å². The number of benzene rings is 1. The third-order valence-corrected chi connectivity index (χ3v) is 6.63. The first-order valence-electron chi connectivity index (χ1n) is 13.1. The van der Waals surface area contributed by atoms with E-state index in [9.17, 15) is 9.59 Å². The first kappa shape index (κ1) is 31.5. The number of rotatable bonds is 15. The van der Waals surface area contributed by atoms with Crippen molar-refractivity contribution in [3.05, 3.63) is 29.8 Å². The summed E-state index contributed by atoms with van der Waals surface area (Å²) in [6.45, 7) is 16.0. The van der Waals surface area contributed by atoms with Crippen molar-refractivity contribution in [1.82, 2.24) is 0 Å². The zero-order valence-corrected chi connectivity index (χ0v) is 23.7. The van der Waals surface area contributed by atoms with E-state index < -0.39 is 11.4 Å². The van der Waals surface area contributed by atoms with Crippen LogP contribution in [0.4, 0.5) is 0 Å². The lowest BCUT2D eigenvalue weighted by Gasteiger charge is -2.43.